The van der Waals surface area contributed by atoms with Gasteiger partial charge in [0, 0.05) is 19.4 Å². The number of carboxylic acid groups (broad SMARTS) is 1. The van der Waals surface area contributed by atoms with Gasteiger partial charge in [0.15, 0.2) is 0 Å². The number of nitrogens with one attached hydrogen (secondary N) is 1. The second-order valence-corrected chi connectivity index (χ2v) is 4.11. The number of rotatable bonds is 11. The van der Waals surface area contributed by atoms with Gasteiger partial charge in [-0.05, 0) is 12.8 Å². The number of unbranched alkanes of at least 4 members (excludes halogenated alkanes) is 5. The molecule has 0 rings (SSSR count). The normalized spacial score (nSPS) is 9.88. The Balaban J connectivity index is 3.10. The molecule has 0 saturated heterocycles. The molecule has 2 N–H and O–H groups in total. The summed E-state index contributed by atoms with van der Waals surface area (Å²) in [6.45, 7) is 4.22. The number of carboxylic acids is 1. The van der Waals surface area contributed by atoms with Crippen molar-refractivity contribution < 1.29 is 14.7 Å². The first-order valence-electron chi connectivity index (χ1n) is 6.26. The van der Waals surface area contributed by atoms with Crippen LogP contribution in [0.3, 0.4) is 0 Å². The van der Waals surface area contributed by atoms with Gasteiger partial charge in [0.05, 0.1) is 0 Å². The van der Waals surface area contributed by atoms with Crippen LogP contribution in [0.2, 0.25) is 0 Å². The minimum absolute atomic E-state index is 0.0291. The van der Waals surface area contributed by atoms with Gasteiger partial charge in [-0.25, -0.2) is 0 Å². The summed E-state index contributed by atoms with van der Waals surface area (Å²) in [6, 6.07) is 0. The Kier molecular flexibility index (Phi) is 10.3. The average Bonchev–Trinajstić information content (AvgIpc) is 2.27. The van der Waals surface area contributed by atoms with Gasteiger partial charge in [-0.2, -0.15) is 0 Å². The number of aliphatic carboxylic acids is 1. The molecule has 0 bridgehead atoms. The lowest BCUT2D eigenvalue weighted by Crippen LogP contribution is -2.23. The minimum atomic E-state index is -0.713. The lowest BCUT2D eigenvalue weighted by molar-refractivity contribution is -0.137. The van der Waals surface area contributed by atoms with Gasteiger partial charge in [0.1, 0.15) is 0 Å². The third-order valence-corrected chi connectivity index (χ3v) is 2.47. The van der Waals surface area contributed by atoms with Gasteiger partial charge in [0.2, 0.25) is 5.91 Å². The molecule has 0 aliphatic rings. The van der Waals surface area contributed by atoms with Crippen LogP contribution in [0.15, 0.2) is 12.7 Å². The van der Waals surface area contributed by atoms with Crippen LogP contribution in [-0.2, 0) is 9.59 Å². The number of carbonyl (C=O) groups excluding carboxylic acids is 1. The van der Waals surface area contributed by atoms with Crippen molar-refractivity contribution in [2.24, 2.45) is 0 Å². The van der Waals surface area contributed by atoms with Crippen molar-refractivity contribution in [2.75, 3.05) is 6.54 Å². The van der Waals surface area contributed by atoms with Gasteiger partial charge in [-0.15, -0.1) is 6.58 Å². The van der Waals surface area contributed by atoms with Crippen LogP contribution in [0, 0.1) is 0 Å². The first-order chi connectivity index (χ1) is 8.16. The second-order valence-electron chi connectivity index (χ2n) is 4.11. The molecule has 0 unspecified atom stereocenters. The number of hydrogen-bond donors (Lipinski definition) is 2. The van der Waals surface area contributed by atoms with Crippen LogP contribution in [0.1, 0.15) is 51.4 Å². The zero-order valence-electron chi connectivity index (χ0n) is 10.4. The fourth-order valence-corrected chi connectivity index (χ4v) is 1.54. The van der Waals surface area contributed by atoms with E-state index in [-0.39, 0.29) is 12.3 Å². The highest BCUT2D eigenvalue weighted by Gasteiger charge is 1.98. The minimum Gasteiger partial charge on any atom is -0.481 e. The van der Waals surface area contributed by atoms with Crippen molar-refractivity contribution in [3.05, 3.63) is 12.7 Å². The summed E-state index contributed by atoms with van der Waals surface area (Å²) in [6.07, 6.45) is 8.26. The third kappa shape index (κ3) is 12.6. The van der Waals surface area contributed by atoms with Gasteiger partial charge < -0.3 is 10.4 Å². The fourth-order valence-electron chi connectivity index (χ4n) is 1.54. The van der Waals surface area contributed by atoms with Crippen molar-refractivity contribution in [3.63, 3.8) is 0 Å². The number of hydrogen-bond acceptors (Lipinski definition) is 2. The van der Waals surface area contributed by atoms with Crippen molar-refractivity contribution in [3.8, 4) is 0 Å². The molecule has 0 atom stereocenters. The average molecular weight is 241 g/mol. The summed E-state index contributed by atoms with van der Waals surface area (Å²) >= 11 is 0. The smallest absolute Gasteiger partial charge is 0.303 e. The molecule has 0 aliphatic heterocycles. The molecule has 0 aliphatic carbocycles. The van der Waals surface area contributed by atoms with Gasteiger partial charge in [-0.1, -0.05) is 31.8 Å². The summed E-state index contributed by atoms with van der Waals surface area (Å²) in [5, 5.41) is 11.2. The monoisotopic (exact) mass is 241 g/mol. The van der Waals surface area contributed by atoms with E-state index in [9.17, 15) is 9.59 Å². The van der Waals surface area contributed by atoms with Crippen LogP contribution >= 0.6 is 0 Å². The third-order valence-electron chi connectivity index (χ3n) is 2.47. The van der Waals surface area contributed by atoms with Crippen LogP contribution in [-0.4, -0.2) is 23.5 Å². The zero-order valence-corrected chi connectivity index (χ0v) is 10.4. The Morgan fingerprint density at radius 1 is 1.06 bits per heavy atom. The van der Waals surface area contributed by atoms with E-state index in [1.165, 1.54) is 0 Å². The molecule has 0 aromatic heterocycles. The summed E-state index contributed by atoms with van der Waals surface area (Å²) in [5.74, 6) is -0.684. The summed E-state index contributed by atoms with van der Waals surface area (Å²) < 4.78 is 0. The molecular formula is C13H23NO3. The zero-order chi connectivity index (χ0) is 12.9. The first kappa shape index (κ1) is 15.7. The van der Waals surface area contributed by atoms with E-state index in [4.69, 9.17) is 5.11 Å². The predicted molar refractivity (Wildman–Crippen MR) is 67.8 cm³/mol. The SMILES string of the molecule is C=CCC(=O)NCCCCCCCCC(=O)O. The van der Waals surface area contributed by atoms with Gasteiger partial charge in [0.25, 0.3) is 0 Å². The molecular weight excluding hydrogens is 218 g/mol. The number of carbonyl (C=O) groups is 2. The lowest BCUT2D eigenvalue weighted by Gasteiger charge is -2.03. The first-order valence-corrected chi connectivity index (χ1v) is 6.26. The summed E-state index contributed by atoms with van der Waals surface area (Å²) in [7, 11) is 0. The maximum Gasteiger partial charge on any atom is 0.303 e. The highest BCUT2D eigenvalue weighted by Crippen LogP contribution is 2.06. The van der Waals surface area contributed by atoms with E-state index in [1.54, 1.807) is 6.08 Å². The Morgan fingerprint density at radius 3 is 2.24 bits per heavy atom. The van der Waals surface area contributed by atoms with Gasteiger partial charge >= 0.3 is 5.97 Å². The largest absolute Gasteiger partial charge is 0.481 e. The van der Waals surface area contributed by atoms with Crippen molar-refractivity contribution in [2.45, 2.75) is 51.4 Å². The maximum atomic E-state index is 11.0. The topological polar surface area (TPSA) is 66.4 Å². The molecule has 0 aromatic carbocycles. The Bertz CT molecular complexity index is 239. The van der Waals surface area contributed by atoms with Crippen LogP contribution < -0.4 is 5.32 Å². The summed E-state index contributed by atoms with van der Waals surface area (Å²) in [5.41, 5.74) is 0. The molecule has 0 saturated carbocycles. The molecule has 1 amide bonds. The Labute approximate surface area is 103 Å². The number of amides is 1. The molecule has 4 nitrogen and oxygen atoms in total. The van der Waals surface area contributed by atoms with Crippen LogP contribution in [0.4, 0.5) is 0 Å². The molecule has 0 radical (unpaired) electrons. The van der Waals surface area contributed by atoms with E-state index in [1.807, 2.05) is 0 Å². The maximum absolute atomic E-state index is 11.0. The van der Waals surface area contributed by atoms with Gasteiger partial charge in [-0.3, -0.25) is 9.59 Å². The molecule has 4 heteroatoms. The van der Waals surface area contributed by atoms with E-state index in [2.05, 4.69) is 11.9 Å². The van der Waals surface area contributed by atoms with Crippen LogP contribution in [0.5, 0.6) is 0 Å². The molecule has 0 fully saturated rings. The van der Waals surface area contributed by atoms with Crippen molar-refractivity contribution >= 4 is 11.9 Å². The highest BCUT2D eigenvalue weighted by atomic mass is 16.4. The second kappa shape index (κ2) is 11.2. The van der Waals surface area contributed by atoms with E-state index >= 15 is 0 Å². The van der Waals surface area contributed by atoms with E-state index in [0.29, 0.717) is 6.42 Å². The molecule has 98 valence electrons. The summed E-state index contributed by atoms with van der Waals surface area (Å²) in [4.78, 5) is 21.3. The molecule has 0 aromatic rings. The van der Waals surface area contributed by atoms with Crippen LogP contribution in [0.25, 0.3) is 0 Å². The standard InChI is InChI=1S/C13H23NO3/c1-2-9-12(15)14-11-8-6-4-3-5-7-10-13(16)17/h2H,1,3-11H2,(H,14,15)(H,16,17). The molecule has 17 heavy (non-hydrogen) atoms. The quantitative estimate of drug-likeness (QED) is 0.431. The Hall–Kier alpha value is -1.32. The Morgan fingerprint density at radius 2 is 1.65 bits per heavy atom. The molecule has 0 heterocycles. The molecule has 0 spiro atoms. The van der Waals surface area contributed by atoms with E-state index < -0.39 is 5.97 Å². The lowest BCUT2D eigenvalue weighted by atomic mass is 10.1. The van der Waals surface area contributed by atoms with Crippen molar-refractivity contribution in [1.82, 2.24) is 5.32 Å². The van der Waals surface area contributed by atoms with Crippen molar-refractivity contribution in [1.29, 1.82) is 0 Å². The highest BCUT2D eigenvalue weighted by molar-refractivity contribution is 5.77. The fraction of sp³-hybridized carbons (Fsp3) is 0.692. The van der Waals surface area contributed by atoms with E-state index in [0.717, 1.165) is 45.1 Å². The predicted octanol–water partition coefficient (Wildman–Crippen LogP) is 2.49.